The van der Waals surface area contributed by atoms with Crippen LogP contribution >= 0.6 is 15.9 Å². The largest absolute Gasteiger partial charge is 0.496 e. The highest BCUT2D eigenvalue weighted by atomic mass is 79.9. The molecule has 1 unspecified atom stereocenters. The standard InChI is InChI=1S/C19H17BrN2O4/c1-25-14-9-8-12(10-13(14)20)17-15(18(23)26-2)16(21-19(24)22-17)11-6-4-3-5-7-11/h3-10,17H,1-2H3,(H2,21,22,24). The van der Waals surface area contributed by atoms with E-state index in [-0.39, 0.29) is 0 Å². The van der Waals surface area contributed by atoms with E-state index in [2.05, 4.69) is 26.6 Å². The van der Waals surface area contributed by atoms with Crippen LogP contribution in [0.25, 0.3) is 5.70 Å². The Morgan fingerprint density at radius 1 is 1.12 bits per heavy atom. The number of amides is 2. The topological polar surface area (TPSA) is 76.7 Å². The summed E-state index contributed by atoms with van der Waals surface area (Å²) in [5, 5.41) is 5.52. The van der Waals surface area contributed by atoms with Crippen molar-refractivity contribution < 1.29 is 19.1 Å². The molecule has 3 rings (SSSR count). The Bertz CT molecular complexity index is 880. The zero-order chi connectivity index (χ0) is 18.7. The Morgan fingerprint density at radius 3 is 2.46 bits per heavy atom. The van der Waals surface area contributed by atoms with Gasteiger partial charge in [0.2, 0.25) is 0 Å². The maximum Gasteiger partial charge on any atom is 0.338 e. The Labute approximate surface area is 159 Å². The molecule has 0 saturated carbocycles. The van der Waals surface area contributed by atoms with Crippen LogP contribution in [0.1, 0.15) is 17.2 Å². The molecule has 0 saturated heterocycles. The number of benzene rings is 2. The minimum Gasteiger partial charge on any atom is -0.496 e. The van der Waals surface area contributed by atoms with Gasteiger partial charge in [-0.05, 0) is 39.2 Å². The van der Waals surface area contributed by atoms with E-state index in [0.29, 0.717) is 17.0 Å². The molecule has 1 aliphatic rings. The van der Waals surface area contributed by atoms with Crippen molar-refractivity contribution >= 4 is 33.6 Å². The number of carbonyl (C=O) groups is 2. The minimum atomic E-state index is -0.659. The van der Waals surface area contributed by atoms with Gasteiger partial charge in [0, 0.05) is 0 Å². The van der Waals surface area contributed by atoms with Crippen molar-refractivity contribution in [2.24, 2.45) is 0 Å². The van der Waals surface area contributed by atoms with Gasteiger partial charge in [0.25, 0.3) is 0 Å². The van der Waals surface area contributed by atoms with E-state index in [0.717, 1.165) is 15.6 Å². The quantitative estimate of drug-likeness (QED) is 0.748. The van der Waals surface area contributed by atoms with Crippen LogP contribution in [0.4, 0.5) is 4.79 Å². The molecule has 2 N–H and O–H groups in total. The van der Waals surface area contributed by atoms with Gasteiger partial charge in [-0.15, -0.1) is 0 Å². The predicted octanol–water partition coefficient (Wildman–Crippen LogP) is 3.40. The first-order valence-corrected chi connectivity index (χ1v) is 8.63. The number of hydrogen-bond acceptors (Lipinski definition) is 4. The summed E-state index contributed by atoms with van der Waals surface area (Å²) in [5.41, 5.74) is 2.20. The molecule has 0 fully saturated rings. The van der Waals surface area contributed by atoms with E-state index in [1.54, 1.807) is 25.3 Å². The van der Waals surface area contributed by atoms with Crippen molar-refractivity contribution in [2.45, 2.75) is 6.04 Å². The second-order valence-corrected chi connectivity index (χ2v) is 6.43. The number of methoxy groups -OCH3 is 2. The van der Waals surface area contributed by atoms with Crippen LogP contribution in [0.15, 0.2) is 58.6 Å². The van der Waals surface area contributed by atoms with Crippen LogP contribution < -0.4 is 15.4 Å². The minimum absolute atomic E-state index is 0.329. The third-order valence-corrected chi connectivity index (χ3v) is 4.67. The fourth-order valence-electron chi connectivity index (χ4n) is 2.84. The van der Waals surface area contributed by atoms with Crippen molar-refractivity contribution in [1.82, 2.24) is 10.6 Å². The molecule has 134 valence electrons. The number of urea groups is 1. The SMILES string of the molecule is COC(=O)C1=C(c2ccccc2)NC(=O)NC1c1ccc(OC)c(Br)c1. The molecular weight excluding hydrogens is 400 g/mol. The van der Waals surface area contributed by atoms with E-state index in [1.807, 2.05) is 30.3 Å². The second kappa shape index (κ2) is 7.61. The van der Waals surface area contributed by atoms with Gasteiger partial charge >= 0.3 is 12.0 Å². The molecule has 0 aliphatic carbocycles. The average molecular weight is 417 g/mol. The van der Waals surface area contributed by atoms with E-state index in [1.165, 1.54) is 7.11 Å². The first-order valence-electron chi connectivity index (χ1n) is 7.84. The van der Waals surface area contributed by atoms with E-state index in [9.17, 15) is 9.59 Å². The van der Waals surface area contributed by atoms with Crippen molar-refractivity contribution in [2.75, 3.05) is 14.2 Å². The van der Waals surface area contributed by atoms with Gasteiger partial charge in [-0.3, -0.25) is 0 Å². The van der Waals surface area contributed by atoms with Gasteiger partial charge in [0.05, 0.1) is 36.0 Å². The van der Waals surface area contributed by atoms with Crippen molar-refractivity contribution in [1.29, 1.82) is 0 Å². The van der Waals surface area contributed by atoms with Gasteiger partial charge in [-0.25, -0.2) is 9.59 Å². The number of esters is 1. The maximum absolute atomic E-state index is 12.5. The molecule has 0 aromatic heterocycles. The number of rotatable bonds is 4. The molecule has 0 spiro atoms. The summed E-state index contributed by atoms with van der Waals surface area (Å²) in [7, 11) is 2.88. The lowest BCUT2D eigenvalue weighted by atomic mass is 9.92. The molecule has 0 radical (unpaired) electrons. The van der Waals surface area contributed by atoms with Crippen LogP contribution in [0, 0.1) is 0 Å². The van der Waals surface area contributed by atoms with Gasteiger partial charge in [0.1, 0.15) is 5.75 Å². The fourth-order valence-corrected chi connectivity index (χ4v) is 3.40. The van der Waals surface area contributed by atoms with E-state index in [4.69, 9.17) is 9.47 Å². The van der Waals surface area contributed by atoms with E-state index < -0.39 is 18.0 Å². The molecule has 1 atom stereocenters. The zero-order valence-corrected chi connectivity index (χ0v) is 15.8. The van der Waals surface area contributed by atoms with Gasteiger partial charge in [-0.2, -0.15) is 0 Å². The highest BCUT2D eigenvalue weighted by Gasteiger charge is 2.34. The summed E-state index contributed by atoms with van der Waals surface area (Å²) in [6, 6.07) is 13.5. The van der Waals surface area contributed by atoms with Crippen molar-refractivity contribution in [3.05, 3.63) is 69.7 Å². The van der Waals surface area contributed by atoms with Crippen LogP contribution in [0.5, 0.6) is 5.75 Å². The molecule has 26 heavy (non-hydrogen) atoms. The third kappa shape index (κ3) is 3.43. The number of ether oxygens (including phenoxy) is 2. The number of hydrogen-bond donors (Lipinski definition) is 2. The molecule has 7 heteroatoms. The van der Waals surface area contributed by atoms with Gasteiger partial charge in [0.15, 0.2) is 0 Å². The lowest BCUT2D eigenvalue weighted by Crippen LogP contribution is -2.45. The lowest BCUT2D eigenvalue weighted by Gasteiger charge is -2.29. The monoisotopic (exact) mass is 416 g/mol. The summed E-state index contributed by atoms with van der Waals surface area (Å²) in [5.74, 6) is 0.134. The second-order valence-electron chi connectivity index (χ2n) is 5.57. The van der Waals surface area contributed by atoms with Crippen LogP contribution in [0.3, 0.4) is 0 Å². The van der Waals surface area contributed by atoms with Crippen LogP contribution in [0.2, 0.25) is 0 Å². The van der Waals surface area contributed by atoms with Gasteiger partial charge < -0.3 is 20.1 Å². The molecule has 2 aromatic rings. The van der Waals surface area contributed by atoms with Gasteiger partial charge in [-0.1, -0.05) is 36.4 Å². The van der Waals surface area contributed by atoms with Crippen LogP contribution in [-0.4, -0.2) is 26.2 Å². The summed E-state index contributed by atoms with van der Waals surface area (Å²) in [4.78, 5) is 24.8. The molecule has 2 aromatic carbocycles. The molecule has 6 nitrogen and oxygen atoms in total. The predicted molar refractivity (Wildman–Crippen MR) is 100 cm³/mol. The van der Waals surface area contributed by atoms with Crippen molar-refractivity contribution in [3.8, 4) is 5.75 Å². The summed E-state index contributed by atoms with van der Waals surface area (Å²) in [6.45, 7) is 0. The lowest BCUT2D eigenvalue weighted by molar-refractivity contribution is -0.136. The van der Waals surface area contributed by atoms with Crippen LogP contribution in [-0.2, 0) is 9.53 Å². The molecular formula is C19H17BrN2O4. The average Bonchev–Trinajstić information content (AvgIpc) is 2.67. The molecule has 2 amide bonds. The summed E-state index contributed by atoms with van der Waals surface area (Å²) < 4.78 is 10.9. The fraction of sp³-hybridized carbons (Fsp3) is 0.158. The first-order chi connectivity index (χ1) is 12.5. The van der Waals surface area contributed by atoms with E-state index >= 15 is 0 Å². The zero-order valence-electron chi connectivity index (χ0n) is 14.2. The van der Waals surface area contributed by atoms with Crippen molar-refractivity contribution in [3.63, 3.8) is 0 Å². The Balaban J connectivity index is 2.17. The maximum atomic E-state index is 12.5. The molecule has 1 aliphatic heterocycles. The highest BCUT2D eigenvalue weighted by Crippen LogP contribution is 2.35. The smallest absolute Gasteiger partial charge is 0.338 e. The number of nitrogens with one attached hydrogen (secondary N) is 2. The molecule has 1 heterocycles. The Morgan fingerprint density at radius 2 is 1.85 bits per heavy atom. The number of halogens is 1. The number of carbonyl (C=O) groups excluding carboxylic acids is 2. The Kier molecular flexibility index (Phi) is 5.27. The first kappa shape index (κ1) is 18.0. The highest BCUT2D eigenvalue weighted by molar-refractivity contribution is 9.10. The molecule has 0 bridgehead atoms. The summed E-state index contributed by atoms with van der Waals surface area (Å²) in [6.07, 6.45) is 0. The summed E-state index contributed by atoms with van der Waals surface area (Å²) >= 11 is 3.44. The third-order valence-electron chi connectivity index (χ3n) is 4.05. The normalized spacial score (nSPS) is 16.6. The Hall–Kier alpha value is -2.80.